The maximum atomic E-state index is 11.5. The van der Waals surface area contributed by atoms with Gasteiger partial charge in [-0.2, -0.15) is 28.9 Å². The summed E-state index contributed by atoms with van der Waals surface area (Å²) in [6.45, 7) is 0. The molecule has 0 heterocycles. The molecule has 4 aromatic rings. The van der Waals surface area contributed by atoms with Crippen molar-refractivity contribution in [2.45, 2.75) is 4.90 Å². The summed E-state index contributed by atoms with van der Waals surface area (Å²) in [7, 11) is -4.98. The number of aliphatic imine (C=N–C) groups is 1. The first-order chi connectivity index (χ1) is 18.6. The Morgan fingerprint density at radius 2 is 1.28 bits per heavy atom. The molecule has 0 fully saturated rings. The zero-order valence-corrected chi connectivity index (χ0v) is 20.5. The lowest BCUT2D eigenvalue weighted by Gasteiger charge is -2.05. The van der Waals surface area contributed by atoms with E-state index in [1.54, 1.807) is 24.3 Å². The van der Waals surface area contributed by atoms with E-state index in [0.717, 1.165) is 12.3 Å². The number of phenols is 2. The van der Waals surface area contributed by atoms with Crippen LogP contribution in [0.2, 0.25) is 0 Å². The molecule has 4 rings (SSSR count). The van der Waals surface area contributed by atoms with Gasteiger partial charge in [0, 0.05) is 23.9 Å². The van der Waals surface area contributed by atoms with Gasteiger partial charge < -0.3 is 10.2 Å². The van der Waals surface area contributed by atoms with Gasteiger partial charge in [0.1, 0.15) is 16.3 Å². The molecule has 0 spiro atoms. The summed E-state index contributed by atoms with van der Waals surface area (Å²) in [5.74, 6) is -1.24. The predicted molar refractivity (Wildman–Crippen MR) is 141 cm³/mol. The van der Waals surface area contributed by atoms with Crippen molar-refractivity contribution in [3.63, 3.8) is 0 Å². The first-order valence-electron chi connectivity index (χ1n) is 10.9. The molecule has 196 valence electrons. The second kappa shape index (κ2) is 11.4. The first kappa shape index (κ1) is 26.7. The molecule has 14 heteroatoms. The molecule has 0 bridgehead atoms. The van der Waals surface area contributed by atoms with Crippen LogP contribution in [0, 0.1) is 10.1 Å². The van der Waals surface area contributed by atoms with Crippen LogP contribution in [0.5, 0.6) is 11.5 Å². The molecular weight excluding hydrogens is 528 g/mol. The molecule has 0 atom stereocenters. The van der Waals surface area contributed by atoms with E-state index in [0.29, 0.717) is 28.8 Å². The van der Waals surface area contributed by atoms with E-state index in [1.807, 2.05) is 30.3 Å². The molecule has 0 saturated carbocycles. The summed E-state index contributed by atoms with van der Waals surface area (Å²) in [6, 6.07) is 21.5. The third-order valence-electron chi connectivity index (χ3n) is 5.05. The fraction of sp³-hybridized carbons (Fsp3) is 0. The van der Waals surface area contributed by atoms with Crippen molar-refractivity contribution in [1.29, 1.82) is 0 Å². The smallest absolute Gasteiger partial charge is 0.298 e. The van der Waals surface area contributed by atoms with Crippen molar-refractivity contribution < 1.29 is 28.1 Å². The molecule has 0 aliphatic rings. The third-order valence-corrected chi connectivity index (χ3v) is 5.92. The lowest BCUT2D eigenvalue weighted by Crippen LogP contribution is -2.00. The molecule has 3 N–H and O–H groups in total. The minimum absolute atomic E-state index is 0.0856. The van der Waals surface area contributed by atoms with Gasteiger partial charge in [0.25, 0.3) is 15.8 Å². The molecule has 0 aliphatic heterocycles. The Bertz CT molecular complexity index is 1720. The van der Waals surface area contributed by atoms with E-state index >= 15 is 0 Å². The maximum absolute atomic E-state index is 11.5. The highest BCUT2D eigenvalue weighted by molar-refractivity contribution is 7.86. The number of non-ortho nitro benzene ring substituents is 1. The van der Waals surface area contributed by atoms with Crippen molar-refractivity contribution in [1.82, 2.24) is 0 Å². The van der Waals surface area contributed by atoms with Crippen LogP contribution < -0.4 is 0 Å². The molecule has 0 aliphatic carbocycles. The number of azo groups is 2. The third kappa shape index (κ3) is 6.91. The van der Waals surface area contributed by atoms with Gasteiger partial charge in [0.2, 0.25) is 0 Å². The van der Waals surface area contributed by atoms with Gasteiger partial charge in [-0.1, -0.05) is 18.2 Å². The van der Waals surface area contributed by atoms with Crippen LogP contribution in [0.1, 0.15) is 5.56 Å². The number of nitro groups is 1. The fourth-order valence-corrected chi connectivity index (χ4v) is 3.76. The Hall–Kier alpha value is -5.34. The fourth-order valence-electron chi connectivity index (χ4n) is 3.14. The monoisotopic (exact) mass is 546 g/mol. The minimum Gasteiger partial charge on any atom is -0.507 e. The first-order valence-corrected chi connectivity index (χ1v) is 12.4. The van der Waals surface area contributed by atoms with Crippen LogP contribution in [0.25, 0.3) is 0 Å². The summed E-state index contributed by atoms with van der Waals surface area (Å²) in [5.41, 5.74) is 0.984. The normalized spacial score (nSPS) is 12.0. The number of hydrogen-bond acceptors (Lipinski definition) is 11. The quantitative estimate of drug-likeness (QED) is 0.0706. The Kier molecular flexibility index (Phi) is 7.79. The number of hydrogen-bond donors (Lipinski definition) is 3. The van der Waals surface area contributed by atoms with Gasteiger partial charge in [-0.15, -0.1) is 0 Å². The van der Waals surface area contributed by atoms with Crippen LogP contribution in [0.3, 0.4) is 0 Å². The topological polar surface area (TPSA) is 200 Å². The van der Waals surface area contributed by atoms with Gasteiger partial charge in [-0.05, 0) is 54.6 Å². The Labute approximate surface area is 221 Å². The minimum atomic E-state index is -4.98. The number of aromatic hydroxyl groups is 2. The van der Waals surface area contributed by atoms with Crippen molar-refractivity contribution in [3.8, 4) is 11.5 Å². The lowest BCUT2D eigenvalue weighted by atomic mass is 10.2. The summed E-state index contributed by atoms with van der Waals surface area (Å²) < 4.78 is 32.3. The molecule has 0 unspecified atom stereocenters. The molecule has 0 aromatic heterocycles. The maximum Gasteiger partial charge on any atom is 0.298 e. The molecule has 0 amide bonds. The highest BCUT2D eigenvalue weighted by Gasteiger charge is 2.23. The van der Waals surface area contributed by atoms with Crippen LogP contribution in [0.15, 0.2) is 115 Å². The highest BCUT2D eigenvalue weighted by Crippen LogP contribution is 2.37. The number of nitrogens with zero attached hydrogens (tertiary/aromatic N) is 6. The van der Waals surface area contributed by atoms with Gasteiger partial charge in [0.15, 0.2) is 5.75 Å². The van der Waals surface area contributed by atoms with E-state index in [4.69, 9.17) is 0 Å². The van der Waals surface area contributed by atoms with E-state index < -0.39 is 37.1 Å². The van der Waals surface area contributed by atoms with Gasteiger partial charge in [-0.25, -0.2) is 0 Å². The second-order valence-corrected chi connectivity index (χ2v) is 9.19. The lowest BCUT2D eigenvalue weighted by molar-refractivity contribution is -0.385. The zero-order valence-electron chi connectivity index (χ0n) is 19.7. The van der Waals surface area contributed by atoms with Crippen LogP contribution in [0.4, 0.5) is 34.1 Å². The second-order valence-electron chi connectivity index (χ2n) is 7.80. The predicted octanol–water partition coefficient (Wildman–Crippen LogP) is 6.83. The van der Waals surface area contributed by atoms with Gasteiger partial charge in [-0.3, -0.25) is 19.7 Å². The Balaban J connectivity index is 1.54. The Morgan fingerprint density at radius 3 is 1.85 bits per heavy atom. The van der Waals surface area contributed by atoms with E-state index in [2.05, 4.69) is 25.4 Å². The summed E-state index contributed by atoms with van der Waals surface area (Å²) in [6.07, 6.45) is 1.04. The number of benzene rings is 4. The van der Waals surface area contributed by atoms with Crippen LogP contribution in [-0.2, 0) is 10.1 Å². The highest BCUT2D eigenvalue weighted by atomic mass is 32.2. The molecular formula is C25H18N6O7S. The summed E-state index contributed by atoms with van der Waals surface area (Å²) >= 11 is 0. The summed E-state index contributed by atoms with van der Waals surface area (Å²) in [5, 5.41) is 48.0. The van der Waals surface area contributed by atoms with Gasteiger partial charge >= 0.3 is 0 Å². The van der Waals surface area contributed by atoms with Crippen molar-refractivity contribution >= 4 is 50.5 Å². The van der Waals surface area contributed by atoms with Gasteiger partial charge in [0.05, 0.1) is 27.7 Å². The standard InChI is InChI=1S/C25H18N6O7S/c32-23-11-10-20(30-29-19-8-6-18(7-9-19)28-27-17-4-2-1-3-5-17)12-16(23)15-26-22-13-21(31(34)35)14-24(25(22)33)39(36,37)38/h1-15,32-33H,(H,36,37,38). The van der Waals surface area contributed by atoms with E-state index in [-0.39, 0.29) is 11.3 Å². The van der Waals surface area contributed by atoms with Crippen molar-refractivity contribution in [2.24, 2.45) is 25.4 Å². The SMILES string of the molecule is O=[N+]([O-])c1cc(N=Cc2cc(N=Nc3ccc(N=Nc4ccccc4)cc3)ccc2O)c(O)c(S(=O)(=O)O)c1. The molecule has 13 nitrogen and oxygen atoms in total. The van der Waals surface area contributed by atoms with Crippen molar-refractivity contribution in [3.05, 3.63) is 101 Å². The number of nitro benzene ring substituents is 1. The molecule has 39 heavy (non-hydrogen) atoms. The van der Waals surface area contributed by atoms with Crippen LogP contribution in [-0.4, -0.2) is 34.3 Å². The average Bonchev–Trinajstić information content (AvgIpc) is 2.91. The largest absolute Gasteiger partial charge is 0.507 e. The number of rotatable bonds is 8. The molecule has 0 radical (unpaired) electrons. The Morgan fingerprint density at radius 1 is 0.744 bits per heavy atom. The van der Waals surface area contributed by atoms with E-state index in [1.165, 1.54) is 18.2 Å². The molecule has 4 aromatic carbocycles. The summed E-state index contributed by atoms with van der Waals surface area (Å²) in [4.78, 5) is 13.0. The van der Waals surface area contributed by atoms with E-state index in [9.17, 15) is 33.3 Å². The average molecular weight is 547 g/mol. The van der Waals surface area contributed by atoms with Crippen molar-refractivity contribution in [2.75, 3.05) is 0 Å². The zero-order chi connectivity index (χ0) is 28.0. The number of phenolic OH excluding ortho intramolecular Hbond substituents is 2. The van der Waals surface area contributed by atoms with Crippen LogP contribution >= 0.6 is 0 Å². The molecule has 0 saturated heterocycles.